The van der Waals surface area contributed by atoms with E-state index in [9.17, 15) is 19.5 Å². The van der Waals surface area contributed by atoms with Gasteiger partial charge >= 0.3 is 11.9 Å². The average Bonchev–Trinajstić information content (AvgIpc) is 3.35. The Morgan fingerprint density at radius 3 is 1.18 bits per heavy atom. The van der Waals surface area contributed by atoms with Crippen molar-refractivity contribution in [2.75, 3.05) is 47.5 Å². The Kier molecular flexibility index (Phi) is 50.7. The molecule has 0 spiro atoms. The van der Waals surface area contributed by atoms with E-state index in [1.54, 1.807) is 0 Å². The Hall–Kier alpha value is -3.79. The molecule has 9 heteroatoms. The summed E-state index contributed by atoms with van der Waals surface area (Å²) in [6, 6.07) is 0. The number of carboxylic acid groups (broad SMARTS) is 1. The van der Waals surface area contributed by atoms with E-state index in [0.29, 0.717) is 17.4 Å². The van der Waals surface area contributed by atoms with E-state index in [1.807, 2.05) is 21.1 Å². The lowest BCUT2D eigenvalue weighted by Gasteiger charge is -2.26. The Balaban J connectivity index is 4.16. The fourth-order valence-electron chi connectivity index (χ4n) is 7.61. The predicted octanol–water partition coefficient (Wildman–Crippen LogP) is 15.6. The molecule has 0 aliphatic heterocycles. The van der Waals surface area contributed by atoms with Crippen molar-refractivity contribution in [1.29, 1.82) is 0 Å². The lowest BCUT2D eigenvalue weighted by molar-refractivity contribution is -0.870. The minimum atomic E-state index is -1.63. The van der Waals surface area contributed by atoms with E-state index in [2.05, 4.69) is 111 Å². The van der Waals surface area contributed by atoms with Crippen LogP contribution in [0.1, 0.15) is 226 Å². The molecule has 0 saturated carbocycles. The van der Waals surface area contributed by atoms with Gasteiger partial charge in [0.1, 0.15) is 13.2 Å². The largest absolute Gasteiger partial charge is 0.545 e. The first-order chi connectivity index (χ1) is 35.1. The van der Waals surface area contributed by atoms with Crippen LogP contribution in [0.4, 0.5) is 0 Å². The van der Waals surface area contributed by atoms with Gasteiger partial charge in [0.05, 0.1) is 40.3 Å². The van der Waals surface area contributed by atoms with E-state index < -0.39 is 24.3 Å². The van der Waals surface area contributed by atoms with Crippen LogP contribution in [0, 0.1) is 0 Å². The van der Waals surface area contributed by atoms with E-state index in [1.165, 1.54) is 83.5 Å². The van der Waals surface area contributed by atoms with Gasteiger partial charge < -0.3 is 33.3 Å². The Labute approximate surface area is 442 Å². The summed E-state index contributed by atoms with van der Waals surface area (Å²) in [6.07, 6.45) is 68.9. The highest BCUT2D eigenvalue weighted by atomic mass is 16.7. The molecule has 0 fully saturated rings. The molecule has 2 unspecified atom stereocenters. The van der Waals surface area contributed by atoms with Crippen molar-refractivity contribution < 1.29 is 42.9 Å². The fraction of sp³-hybridized carbons (Fsp3) is 0.698. The molecule has 412 valence electrons. The highest BCUT2D eigenvalue weighted by molar-refractivity contribution is 5.70. The van der Waals surface area contributed by atoms with Crippen molar-refractivity contribution in [1.82, 2.24) is 0 Å². The number of hydrogen-bond acceptors (Lipinski definition) is 8. The lowest BCUT2D eigenvalue weighted by atomic mass is 10.0. The number of hydrogen-bond donors (Lipinski definition) is 0. The SMILES string of the molecule is CC/C=C\C/C=C\C/C=C\C/C=C\C/C=C\C/C=C\CCCCCCCCCCCCCCCCC(=O)OC(COC(=O)CCCCCCC/C=C\C/C=C\CCCC)COC(OCC[N+](C)(C)C)C(=O)[O-]. The number of aliphatic carboxylic acids is 1. The van der Waals surface area contributed by atoms with E-state index >= 15 is 0 Å². The number of unbranched alkanes of at least 4 members (excludes halogenated alkanes) is 21. The van der Waals surface area contributed by atoms with Crippen molar-refractivity contribution in [3.8, 4) is 0 Å². The molecule has 2 atom stereocenters. The summed E-state index contributed by atoms with van der Waals surface area (Å²) < 4.78 is 22.6. The lowest BCUT2D eigenvalue weighted by Crippen LogP contribution is -2.44. The number of allylic oxidation sites excluding steroid dienone is 16. The Morgan fingerprint density at radius 2 is 0.792 bits per heavy atom. The van der Waals surface area contributed by atoms with E-state index in [-0.39, 0.29) is 38.6 Å². The minimum absolute atomic E-state index is 0.142. The van der Waals surface area contributed by atoms with E-state index in [4.69, 9.17) is 18.9 Å². The predicted molar refractivity (Wildman–Crippen MR) is 301 cm³/mol. The van der Waals surface area contributed by atoms with Crippen LogP contribution in [0.5, 0.6) is 0 Å². The maximum atomic E-state index is 12.9. The second-order valence-electron chi connectivity index (χ2n) is 20.2. The van der Waals surface area contributed by atoms with Crippen LogP contribution in [0.25, 0.3) is 0 Å². The third-order valence-corrected chi connectivity index (χ3v) is 12.1. The average molecular weight is 1010 g/mol. The van der Waals surface area contributed by atoms with Gasteiger partial charge in [-0.25, -0.2) is 0 Å². The van der Waals surface area contributed by atoms with Gasteiger partial charge in [-0.05, 0) is 89.9 Å². The van der Waals surface area contributed by atoms with Gasteiger partial charge in [0.25, 0.3) is 0 Å². The molecule has 0 radical (unpaired) electrons. The first-order valence-corrected chi connectivity index (χ1v) is 28.9. The molecule has 0 rings (SSSR count). The number of ether oxygens (including phenoxy) is 4. The van der Waals surface area contributed by atoms with E-state index in [0.717, 1.165) is 109 Å². The summed E-state index contributed by atoms with van der Waals surface area (Å²) in [7, 11) is 5.91. The first kappa shape index (κ1) is 68.2. The third-order valence-electron chi connectivity index (χ3n) is 12.1. The third kappa shape index (κ3) is 54.0. The second-order valence-corrected chi connectivity index (χ2v) is 20.2. The standard InChI is InChI=1S/C63H107NO8/c1-6-8-10-12-14-16-18-20-22-23-24-25-26-27-28-29-30-31-32-33-34-35-36-37-38-39-40-42-44-46-48-50-52-54-61(66)72-59(58-71-63(62(67)68)69-56-55-64(3,4)5)57-70-60(65)53-51-49-47-45-43-41-21-19-17-15-13-11-9-7-2/h8,10,13-16,19-22,24-25,27-28,30-31,59,63H,6-7,9,11-12,17-18,23,26,29,32-58H2,1-5H3/b10-8-,15-13-,16-14-,21-19-,22-20-,25-24-,28-27-,31-30-. The first-order valence-electron chi connectivity index (χ1n) is 28.9. The molecule has 0 saturated heterocycles. The van der Waals surface area contributed by atoms with Crippen LogP contribution in [-0.2, 0) is 33.3 Å². The molecule has 0 N–H and O–H groups in total. The molecule has 72 heavy (non-hydrogen) atoms. The van der Waals surface area contributed by atoms with Crippen LogP contribution < -0.4 is 5.11 Å². The molecule has 0 aliphatic rings. The van der Waals surface area contributed by atoms with Gasteiger partial charge in [-0.2, -0.15) is 0 Å². The maximum Gasteiger partial charge on any atom is 0.306 e. The molecule has 9 nitrogen and oxygen atoms in total. The zero-order valence-corrected chi connectivity index (χ0v) is 46.8. The molecule has 0 aliphatic carbocycles. The van der Waals surface area contributed by atoms with Crippen LogP contribution in [0.2, 0.25) is 0 Å². The van der Waals surface area contributed by atoms with Crippen LogP contribution in [-0.4, -0.2) is 82.3 Å². The highest BCUT2D eigenvalue weighted by Crippen LogP contribution is 2.15. The summed E-state index contributed by atoms with van der Waals surface area (Å²) in [6.45, 7) is 4.57. The van der Waals surface area contributed by atoms with Gasteiger partial charge in [0, 0.05) is 12.8 Å². The zero-order valence-electron chi connectivity index (χ0n) is 46.8. The Morgan fingerprint density at radius 1 is 0.431 bits per heavy atom. The Bertz CT molecular complexity index is 1500. The van der Waals surface area contributed by atoms with Gasteiger partial charge in [-0.3, -0.25) is 9.59 Å². The van der Waals surface area contributed by atoms with Crippen molar-refractivity contribution in [2.24, 2.45) is 0 Å². The number of carboxylic acids is 1. The van der Waals surface area contributed by atoms with Crippen molar-refractivity contribution in [3.05, 3.63) is 97.2 Å². The van der Waals surface area contributed by atoms with Gasteiger partial charge in [-0.1, -0.05) is 220 Å². The summed E-state index contributed by atoms with van der Waals surface area (Å²) in [4.78, 5) is 37.2. The number of likely N-dealkylation sites (N-methyl/N-ethyl adjacent to an activating group) is 1. The number of carbonyl (C=O) groups excluding carboxylic acids is 3. The summed E-state index contributed by atoms with van der Waals surface area (Å²) in [5.41, 5.74) is 0. The normalized spacial score (nSPS) is 13.5. The number of esters is 2. The van der Waals surface area contributed by atoms with Crippen LogP contribution in [0.15, 0.2) is 97.2 Å². The molecular formula is C63H107NO8. The molecular weight excluding hydrogens is 899 g/mol. The highest BCUT2D eigenvalue weighted by Gasteiger charge is 2.22. The van der Waals surface area contributed by atoms with Crippen molar-refractivity contribution in [2.45, 2.75) is 238 Å². The summed E-state index contributed by atoms with van der Waals surface area (Å²) in [5, 5.41) is 11.8. The number of rotatable bonds is 52. The number of nitrogens with zero attached hydrogens (tertiary/aromatic N) is 1. The van der Waals surface area contributed by atoms with Crippen molar-refractivity contribution >= 4 is 17.9 Å². The smallest absolute Gasteiger partial charge is 0.306 e. The second kappa shape index (κ2) is 53.5. The summed E-state index contributed by atoms with van der Waals surface area (Å²) in [5.74, 6) is -2.31. The molecule has 0 aromatic carbocycles. The maximum absolute atomic E-state index is 12.9. The topological polar surface area (TPSA) is 111 Å². The summed E-state index contributed by atoms with van der Waals surface area (Å²) >= 11 is 0. The number of quaternary nitrogens is 1. The van der Waals surface area contributed by atoms with Crippen molar-refractivity contribution in [3.63, 3.8) is 0 Å². The van der Waals surface area contributed by atoms with Crippen LogP contribution >= 0.6 is 0 Å². The quantitative estimate of drug-likeness (QED) is 0.0195. The van der Waals surface area contributed by atoms with Gasteiger partial charge in [-0.15, -0.1) is 0 Å². The van der Waals surface area contributed by atoms with Gasteiger partial charge in [0.2, 0.25) is 0 Å². The number of carbonyl (C=O) groups is 3. The molecule has 0 heterocycles. The molecule has 0 bridgehead atoms. The zero-order chi connectivity index (χ0) is 52.7. The fourth-order valence-corrected chi connectivity index (χ4v) is 7.61. The minimum Gasteiger partial charge on any atom is -0.545 e. The monoisotopic (exact) mass is 1010 g/mol. The van der Waals surface area contributed by atoms with Gasteiger partial charge in [0.15, 0.2) is 12.4 Å². The molecule has 0 aromatic heterocycles. The molecule has 0 aromatic rings. The van der Waals surface area contributed by atoms with Crippen LogP contribution in [0.3, 0.4) is 0 Å². The molecule has 0 amide bonds.